The van der Waals surface area contributed by atoms with Crippen LogP contribution >= 0.6 is 0 Å². The van der Waals surface area contributed by atoms with Crippen molar-refractivity contribution in [2.45, 2.75) is 38.6 Å². The van der Waals surface area contributed by atoms with Crippen LogP contribution in [-0.4, -0.2) is 56.2 Å². The number of hydrogen-bond acceptors (Lipinski definition) is 3. The number of carbonyl (C=O) groups is 1. The molecule has 1 aliphatic rings. The first-order chi connectivity index (χ1) is 11.8. The van der Waals surface area contributed by atoms with Crippen molar-refractivity contribution in [1.29, 1.82) is 0 Å². The fraction of sp³-hybridized carbons (Fsp3) is 0.611. The molecule has 140 valence electrons. The molecule has 1 aliphatic heterocycles. The van der Waals surface area contributed by atoms with Crippen molar-refractivity contribution < 1.29 is 13.2 Å². The molecule has 1 saturated heterocycles. The van der Waals surface area contributed by atoms with Gasteiger partial charge in [-0.25, -0.2) is 0 Å². The topological polar surface area (TPSA) is 69.7 Å². The minimum atomic E-state index is -3.45. The van der Waals surface area contributed by atoms with Gasteiger partial charge in [0.2, 0.25) is 5.91 Å². The zero-order valence-corrected chi connectivity index (χ0v) is 16.1. The lowest BCUT2D eigenvalue weighted by atomic mass is 9.98. The van der Waals surface area contributed by atoms with Gasteiger partial charge in [-0.1, -0.05) is 30.3 Å². The minimum absolute atomic E-state index is 0.0424. The van der Waals surface area contributed by atoms with E-state index in [0.29, 0.717) is 13.0 Å². The Morgan fingerprint density at radius 1 is 1.32 bits per heavy atom. The number of benzene rings is 1. The fourth-order valence-corrected chi connectivity index (χ4v) is 4.25. The summed E-state index contributed by atoms with van der Waals surface area (Å²) in [7, 11) is -0.417. The maximum absolute atomic E-state index is 12.5. The molecule has 1 amide bonds. The van der Waals surface area contributed by atoms with Gasteiger partial charge in [0.05, 0.1) is 5.92 Å². The Kier molecular flexibility index (Phi) is 6.98. The molecule has 0 spiro atoms. The van der Waals surface area contributed by atoms with E-state index in [1.807, 2.05) is 25.1 Å². The highest BCUT2D eigenvalue weighted by molar-refractivity contribution is 7.86. The molecule has 0 saturated carbocycles. The van der Waals surface area contributed by atoms with Crippen LogP contribution in [0.15, 0.2) is 30.3 Å². The molecular formula is C18H29N3O3S. The van der Waals surface area contributed by atoms with E-state index >= 15 is 0 Å². The number of nitrogens with one attached hydrogen (secondary N) is 1. The van der Waals surface area contributed by atoms with E-state index in [9.17, 15) is 13.2 Å². The molecule has 1 fully saturated rings. The van der Waals surface area contributed by atoms with E-state index in [2.05, 4.69) is 17.4 Å². The summed E-state index contributed by atoms with van der Waals surface area (Å²) in [6.07, 6.45) is 3.22. The Balaban J connectivity index is 1.85. The van der Waals surface area contributed by atoms with Crippen LogP contribution in [0.2, 0.25) is 0 Å². The van der Waals surface area contributed by atoms with Crippen molar-refractivity contribution >= 4 is 16.1 Å². The van der Waals surface area contributed by atoms with Gasteiger partial charge in [-0.3, -0.25) is 4.79 Å². The lowest BCUT2D eigenvalue weighted by molar-refractivity contribution is -0.126. The fourth-order valence-electron chi connectivity index (χ4n) is 3.06. The van der Waals surface area contributed by atoms with E-state index in [1.165, 1.54) is 28.3 Å². The smallest absolute Gasteiger partial charge is 0.281 e. The third-order valence-electron chi connectivity index (χ3n) is 4.64. The first-order valence-electron chi connectivity index (χ1n) is 8.82. The van der Waals surface area contributed by atoms with Crippen molar-refractivity contribution in [1.82, 2.24) is 13.9 Å². The summed E-state index contributed by atoms with van der Waals surface area (Å²) in [5.41, 5.74) is 1.25. The monoisotopic (exact) mass is 367 g/mol. The van der Waals surface area contributed by atoms with Crippen LogP contribution in [0.3, 0.4) is 0 Å². The molecule has 0 aromatic heterocycles. The molecule has 1 aromatic rings. The summed E-state index contributed by atoms with van der Waals surface area (Å²) >= 11 is 0. The third kappa shape index (κ3) is 5.52. The molecule has 25 heavy (non-hydrogen) atoms. The maximum Gasteiger partial charge on any atom is 0.281 e. The van der Waals surface area contributed by atoms with Gasteiger partial charge in [-0.2, -0.15) is 17.0 Å². The van der Waals surface area contributed by atoms with Gasteiger partial charge in [0.25, 0.3) is 10.2 Å². The summed E-state index contributed by atoms with van der Waals surface area (Å²) in [4.78, 5) is 12.5. The second-order valence-corrected chi connectivity index (χ2v) is 9.06. The summed E-state index contributed by atoms with van der Waals surface area (Å²) in [5, 5.41) is 3.05. The van der Waals surface area contributed by atoms with E-state index < -0.39 is 10.2 Å². The number of hydrogen-bond donors (Lipinski definition) is 1. The standard InChI is InChI=1S/C18H29N3O3S/c1-15(11-12-16-8-5-4-6-9-16)19-18(22)17-10-7-13-21(14-17)25(23,24)20(2)3/h4-6,8-9,15,17H,7,10-14H2,1-3H3,(H,19,22)/t15-,17-/m1/s1. The maximum atomic E-state index is 12.5. The van der Waals surface area contributed by atoms with Crippen molar-refractivity contribution in [3.63, 3.8) is 0 Å². The van der Waals surface area contributed by atoms with E-state index in [1.54, 1.807) is 0 Å². The quantitative estimate of drug-likeness (QED) is 0.796. The Hall–Kier alpha value is -1.44. The Morgan fingerprint density at radius 3 is 2.64 bits per heavy atom. The predicted molar refractivity (Wildman–Crippen MR) is 99.3 cm³/mol. The van der Waals surface area contributed by atoms with Gasteiger partial charge in [-0.15, -0.1) is 0 Å². The van der Waals surface area contributed by atoms with E-state index in [0.717, 1.165) is 19.3 Å². The second-order valence-electron chi connectivity index (χ2n) is 6.92. The van der Waals surface area contributed by atoms with Crippen LogP contribution in [0.25, 0.3) is 0 Å². The summed E-state index contributed by atoms with van der Waals surface area (Å²) in [5.74, 6) is -0.318. The number of aryl methyl sites for hydroxylation is 1. The van der Waals surface area contributed by atoms with E-state index in [-0.39, 0.29) is 24.4 Å². The molecule has 2 atom stereocenters. The van der Waals surface area contributed by atoms with Gasteiger partial charge in [-0.05, 0) is 38.2 Å². The highest BCUT2D eigenvalue weighted by Crippen LogP contribution is 2.20. The Labute approximate surface area is 151 Å². The van der Waals surface area contributed by atoms with Gasteiger partial charge >= 0.3 is 0 Å². The van der Waals surface area contributed by atoms with Gasteiger partial charge in [0.15, 0.2) is 0 Å². The molecular weight excluding hydrogens is 338 g/mol. The number of nitrogens with zero attached hydrogens (tertiary/aromatic N) is 2. The van der Waals surface area contributed by atoms with E-state index in [4.69, 9.17) is 0 Å². The number of amides is 1. The third-order valence-corrected chi connectivity index (χ3v) is 6.55. The molecule has 1 heterocycles. The normalized spacial score (nSPS) is 20.4. The number of piperidine rings is 1. The van der Waals surface area contributed by atoms with Crippen LogP contribution in [0.1, 0.15) is 31.7 Å². The summed E-state index contributed by atoms with van der Waals surface area (Å²) in [6, 6.07) is 10.2. The van der Waals surface area contributed by atoms with Gasteiger partial charge in [0, 0.05) is 33.2 Å². The molecule has 6 nitrogen and oxygen atoms in total. The zero-order chi connectivity index (χ0) is 18.4. The largest absolute Gasteiger partial charge is 0.353 e. The lowest BCUT2D eigenvalue weighted by Crippen LogP contribution is -2.49. The van der Waals surface area contributed by atoms with Crippen LogP contribution in [0.5, 0.6) is 0 Å². The molecule has 0 aliphatic carbocycles. The van der Waals surface area contributed by atoms with Crippen LogP contribution in [0.4, 0.5) is 0 Å². The Morgan fingerprint density at radius 2 is 2.00 bits per heavy atom. The Bertz CT molecular complexity index is 661. The number of carbonyl (C=O) groups excluding carboxylic acids is 1. The molecule has 7 heteroatoms. The van der Waals surface area contributed by atoms with Crippen LogP contribution < -0.4 is 5.32 Å². The summed E-state index contributed by atoms with van der Waals surface area (Å²) in [6.45, 7) is 2.74. The zero-order valence-electron chi connectivity index (χ0n) is 15.3. The predicted octanol–water partition coefficient (Wildman–Crippen LogP) is 1.64. The second kappa shape index (κ2) is 8.78. The van der Waals surface area contributed by atoms with Crippen molar-refractivity contribution in [2.75, 3.05) is 27.2 Å². The molecule has 1 aromatic carbocycles. The first-order valence-corrected chi connectivity index (χ1v) is 10.2. The van der Waals surface area contributed by atoms with Gasteiger partial charge in [0.1, 0.15) is 0 Å². The average molecular weight is 368 g/mol. The van der Waals surface area contributed by atoms with Gasteiger partial charge < -0.3 is 5.32 Å². The summed E-state index contributed by atoms with van der Waals surface area (Å²) < 4.78 is 27.1. The molecule has 0 unspecified atom stereocenters. The van der Waals surface area contributed by atoms with Crippen LogP contribution in [0, 0.1) is 5.92 Å². The highest BCUT2D eigenvalue weighted by Gasteiger charge is 2.33. The van der Waals surface area contributed by atoms with Crippen molar-refractivity contribution in [3.05, 3.63) is 35.9 Å². The molecule has 0 bridgehead atoms. The number of rotatable bonds is 7. The van der Waals surface area contributed by atoms with Crippen molar-refractivity contribution in [3.8, 4) is 0 Å². The van der Waals surface area contributed by atoms with Crippen LogP contribution in [-0.2, 0) is 21.4 Å². The lowest BCUT2D eigenvalue weighted by Gasteiger charge is -2.33. The highest BCUT2D eigenvalue weighted by atomic mass is 32.2. The molecule has 2 rings (SSSR count). The first kappa shape index (κ1) is 19.9. The van der Waals surface area contributed by atoms with Crippen molar-refractivity contribution in [2.24, 2.45) is 5.92 Å². The SMILES string of the molecule is C[C@H](CCc1ccccc1)NC(=O)[C@@H]1CCCN(S(=O)(=O)N(C)C)C1. The minimum Gasteiger partial charge on any atom is -0.353 e. The molecule has 0 radical (unpaired) electrons. The average Bonchev–Trinajstić information content (AvgIpc) is 2.60. The molecule has 1 N–H and O–H groups in total.